The van der Waals surface area contributed by atoms with E-state index in [1.807, 2.05) is 6.07 Å². The van der Waals surface area contributed by atoms with E-state index >= 15 is 0 Å². The first-order valence-corrected chi connectivity index (χ1v) is 10.6. The second kappa shape index (κ2) is 9.07. The van der Waals surface area contributed by atoms with Crippen molar-refractivity contribution in [2.45, 2.75) is 24.8 Å². The highest BCUT2D eigenvalue weighted by atomic mass is 35.5. The highest BCUT2D eigenvalue weighted by Gasteiger charge is 2.41. The maximum absolute atomic E-state index is 12.7. The van der Waals surface area contributed by atoms with Crippen LogP contribution in [-0.4, -0.2) is 40.2 Å². The molecular weight excluding hydrogens is 419 g/mol. The minimum atomic E-state index is -0.590. The normalized spacial score (nSPS) is 18.9. The van der Waals surface area contributed by atoms with Crippen molar-refractivity contribution in [3.63, 3.8) is 0 Å². The Bertz CT molecular complexity index is 894. The van der Waals surface area contributed by atoms with Crippen molar-refractivity contribution in [3.8, 4) is 5.75 Å². The Morgan fingerprint density at radius 2 is 2.00 bits per heavy atom. The minimum absolute atomic E-state index is 0.115. The number of aromatic hydroxyl groups is 1. The van der Waals surface area contributed by atoms with Gasteiger partial charge in [0.15, 0.2) is 0 Å². The fourth-order valence-electron chi connectivity index (χ4n) is 3.19. The Balaban J connectivity index is 1.66. The highest BCUT2D eigenvalue weighted by Crippen LogP contribution is 2.44. The first kappa shape index (κ1) is 20.8. The molecule has 148 valence electrons. The van der Waals surface area contributed by atoms with Crippen LogP contribution in [0.3, 0.4) is 0 Å². The summed E-state index contributed by atoms with van der Waals surface area (Å²) in [6.07, 6.45) is 0.560. The quantitative estimate of drug-likeness (QED) is 0.739. The summed E-state index contributed by atoms with van der Waals surface area (Å²) in [4.78, 5) is 26.5. The van der Waals surface area contributed by atoms with E-state index in [1.165, 1.54) is 23.6 Å². The fourth-order valence-corrected chi connectivity index (χ4v) is 5.21. The third-order valence-corrected chi connectivity index (χ3v) is 6.47. The first-order chi connectivity index (χ1) is 13.4. The van der Waals surface area contributed by atoms with Gasteiger partial charge in [-0.1, -0.05) is 47.5 Å². The molecule has 0 spiro atoms. The molecule has 0 aromatic heterocycles. The molecule has 2 aromatic rings. The molecule has 3 rings (SSSR count). The number of phenols is 1. The van der Waals surface area contributed by atoms with E-state index in [-0.39, 0.29) is 22.9 Å². The number of benzene rings is 2. The lowest BCUT2D eigenvalue weighted by atomic mass is 10.1. The zero-order valence-corrected chi connectivity index (χ0v) is 17.5. The molecule has 5 nitrogen and oxygen atoms in total. The maximum atomic E-state index is 12.7. The van der Waals surface area contributed by atoms with E-state index in [0.29, 0.717) is 34.3 Å². The summed E-state index contributed by atoms with van der Waals surface area (Å²) in [6.45, 7) is 1.83. The summed E-state index contributed by atoms with van der Waals surface area (Å²) < 4.78 is 0. The molecule has 0 radical (unpaired) electrons. The summed E-state index contributed by atoms with van der Waals surface area (Å²) >= 11 is 13.5. The van der Waals surface area contributed by atoms with Crippen molar-refractivity contribution in [2.24, 2.45) is 0 Å². The molecule has 1 saturated heterocycles. The average molecular weight is 439 g/mol. The number of rotatable bonds is 5. The standard InChI is InChI=1S/C20H20Cl2N2O3S/c1-12(25)24-17(11-28-20(24)15-4-2-3-5-18(15)26)19(27)23-9-8-13-6-7-14(21)10-16(13)22/h2-7,10,17,20,26H,8-9,11H2,1H3,(H,23,27)/t17-,20+/m1/s1. The Labute approximate surface area is 178 Å². The number of nitrogens with zero attached hydrogens (tertiary/aromatic N) is 1. The Morgan fingerprint density at radius 1 is 1.25 bits per heavy atom. The van der Waals surface area contributed by atoms with Gasteiger partial charge < -0.3 is 15.3 Å². The van der Waals surface area contributed by atoms with Crippen molar-refractivity contribution in [2.75, 3.05) is 12.3 Å². The van der Waals surface area contributed by atoms with Gasteiger partial charge in [0, 0.05) is 34.8 Å². The fraction of sp³-hybridized carbons (Fsp3) is 0.300. The Kier molecular flexibility index (Phi) is 6.75. The predicted octanol–water partition coefficient (Wildman–Crippen LogP) is 4.02. The summed E-state index contributed by atoms with van der Waals surface area (Å²) in [5.41, 5.74) is 1.52. The van der Waals surface area contributed by atoms with Crippen LogP contribution in [-0.2, 0) is 16.0 Å². The van der Waals surface area contributed by atoms with E-state index in [9.17, 15) is 14.7 Å². The lowest BCUT2D eigenvalue weighted by Gasteiger charge is -2.28. The number of carbonyl (C=O) groups excluding carboxylic acids is 2. The van der Waals surface area contributed by atoms with Crippen LogP contribution in [0.5, 0.6) is 5.75 Å². The monoisotopic (exact) mass is 438 g/mol. The van der Waals surface area contributed by atoms with Gasteiger partial charge in [0.25, 0.3) is 0 Å². The topological polar surface area (TPSA) is 69.6 Å². The highest BCUT2D eigenvalue weighted by molar-refractivity contribution is 7.99. The number of para-hydroxylation sites is 1. The van der Waals surface area contributed by atoms with Crippen molar-refractivity contribution >= 4 is 46.8 Å². The van der Waals surface area contributed by atoms with E-state index in [4.69, 9.17) is 23.2 Å². The van der Waals surface area contributed by atoms with Crippen LogP contribution in [0, 0.1) is 0 Å². The predicted molar refractivity (Wildman–Crippen MR) is 113 cm³/mol. The van der Waals surface area contributed by atoms with Gasteiger partial charge in [-0.2, -0.15) is 0 Å². The molecule has 1 aliphatic heterocycles. The Morgan fingerprint density at radius 3 is 2.68 bits per heavy atom. The van der Waals surface area contributed by atoms with E-state index in [1.54, 1.807) is 36.4 Å². The van der Waals surface area contributed by atoms with Crippen LogP contribution < -0.4 is 5.32 Å². The number of phenolic OH excluding ortho intramolecular Hbond substituents is 1. The number of hydrogen-bond donors (Lipinski definition) is 2. The molecule has 2 N–H and O–H groups in total. The molecule has 0 aliphatic carbocycles. The minimum Gasteiger partial charge on any atom is -0.508 e. The van der Waals surface area contributed by atoms with Crippen molar-refractivity contribution in [3.05, 3.63) is 63.6 Å². The molecule has 2 aromatic carbocycles. The van der Waals surface area contributed by atoms with E-state index in [2.05, 4.69) is 5.32 Å². The van der Waals surface area contributed by atoms with Gasteiger partial charge in [-0.05, 0) is 30.2 Å². The second-order valence-corrected chi connectivity index (χ2v) is 8.42. The molecule has 0 bridgehead atoms. The second-order valence-electron chi connectivity index (χ2n) is 6.46. The lowest BCUT2D eigenvalue weighted by molar-refractivity contribution is -0.138. The molecule has 0 unspecified atom stereocenters. The largest absolute Gasteiger partial charge is 0.508 e. The molecule has 1 heterocycles. The maximum Gasteiger partial charge on any atom is 0.243 e. The third-order valence-electron chi connectivity index (χ3n) is 4.58. The van der Waals surface area contributed by atoms with Crippen molar-refractivity contribution < 1.29 is 14.7 Å². The average Bonchev–Trinajstić information content (AvgIpc) is 3.09. The van der Waals surface area contributed by atoms with Gasteiger partial charge in [-0.15, -0.1) is 11.8 Å². The molecule has 1 aliphatic rings. The number of thioether (sulfide) groups is 1. The SMILES string of the molecule is CC(=O)N1[C@@H](C(=O)NCCc2ccc(Cl)cc2Cl)CS[C@H]1c1ccccc1O. The number of carbonyl (C=O) groups is 2. The molecular formula is C20H20Cl2N2O3S. The van der Waals surface area contributed by atoms with Gasteiger partial charge >= 0.3 is 0 Å². The molecule has 1 fully saturated rings. The molecule has 2 atom stereocenters. The van der Waals surface area contributed by atoms with Gasteiger partial charge in [0.05, 0.1) is 0 Å². The summed E-state index contributed by atoms with van der Waals surface area (Å²) in [5, 5.41) is 13.8. The van der Waals surface area contributed by atoms with E-state index < -0.39 is 6.04 Å². The summed E-state index contributed by atoms with van der Waals surface area (Å²) in [5.74, 6) is 0.154. The molecule has 2 amide bonds. The first-order valence-electron chi connectivity index (χ1n) is 8.78. The number of hydrogen-bond acceptors (Lipinski definition) is 4. The van der Waals surface area contributed by atoms with Gasteiger partial charge in [0.2, 0.25) is 11.8 Å². The molecule has 8 heteroatoms. The van der Waals surface area contributed by atoms with E-state index in [0.717, 1.165) is 5.56 Å². The van der Waals surface area contributed by atoms with Crippen molar-refractivity contribution in [1.82, 2.24) is 10.2 Å². The van der Waals surface area contributed by atoms with Gasteiger partial charge in [-0.3, -0.25) is 9.59 Å². The number of nitrogens with one attached hydrogen (secondary N) is 1. The van der Waals surface area contributed by atoms with Crippen LogP contribution in [0.25, 0.3) is 0 Å². The van der Waals surface area contributed by atoms with Crippen LogP contribution >= 0.6 is 35.0 Å². The summed E-state index contributed by atoms with van der Waals surface area (Å²) in [6, 6.07) is 11.5. The van der Waals surface area contributed by atoms with Crippen LogP contribution in [0.1, 0.15) is 23.4 Å². The summed E-state index contributed by atoms with van der Waals surface area (Å²) in [7, 11) is 0. The smallest absolute Gasteiger partial charge is 0.243 e. The number of amides is 2. The zero-order valence-electron chi connectivity index (χ0n) is 15.2. The molecule has 0 saturated carbocycles. The van der Waals surface area contributed by atoms with Gasteiger partial charge in [0.1, 0.15) is 17.2 Å². The van der Waals surface area contributed by atoms with Crippen molar-refractivity contribution in [1.29, 1.82) is 0 Å². The van der Waals surface area contributed by atoms with Crippen LogP contribution in [0.2, 0.25) is 10.0 Å². The third kappa shape index (κ3) is 4.57. The Hall–Kier alpha value is -1.89. The van der Waals surface area contributed by atoms with Gasteiger partial charge in [-0.25, -0.2) is 0 Å². The van der Waals surface area contributed by atoms with Crippen LogP contribution in [0.4, 0.5) is 0 Å². The zero-order chi connectivity index (χ0) is 20.3. The van der Waals surface area contributed by atoms with Crippen LogP contribution in [0.15, 0.2) is 42.5 Å². The molecule has 28 heavy (non-hydrogen) atoms. The number of halogens is 2. The lowest BCUT2D eigenvalue weighted by Crippen LogP contribution is -2.47.